The summed E-state index contributed by atoms with van der Waals surface area (Å²) in [7, 11) is 0. The number of hydrogen-bond acceptors (Lipinski definition) is 1. The van der Waals surface area contributed by atoms with E-state index in [0.29, 0.717) is 10.6 Å². The highest BCUT2D eigenvalue weighted by atomic mass is 35.5. The van der Waals surface area contributed by atoms with Gasteiger partial charge in [-0.2, -0.15) is 0 Å². The predicted octanol–water partition coefficient (Wildman–Crippen LogP) is 3.56. The molecule has 2 aromatic carbocycles. The summed E-state index contributed by atoms with van der Waals surface area (Å²) in [5.41, 5.74) is 0.836. The van der Waals surface area contributed by atoms with Crippen molar-refractivity contribution in [3.8, 4) is 0 Å². The Labute approximate surface area is 98.1 Å². The van der Waals surface area contributed by atoms with Crippen LogP contribution < -0.4 is 0 Å². The van der Waals surface area contributed by atoms with E-state index in [0.717, 1.165) is 0 Å². The first-order valence-corrected chi connectivity index (χ1v) is 5.24. The average molecular weight is 237 g/mol. The molecule has 0 aliphatic rings. The zero-order chi connectivity index (χ0) is 11.5. The molecule has 0 amide bonds. The van der Waals surface area contributed by atoms with Gasteiger partial charge < -0.3 is 5.11 Å². The molecule has 16 heavy (non-hydrogen) atoms. The highest BCUT2D eigenvalue weighted by Gasteiger charge is 2.14. The van der Waals surface area contributed by atoms with Crippen molar-refractivity contribution in [2.24, 2.45) is 0 Å². The Balaban J connectivity index is 2.39. The molecule has 0 radical (unpaired) electrons. The molecule has 82 valence electrons. The SMILES string of the molecule is OC(c1cccc(Cl)c1)c1ccccc1F. The minimum absolute atomic E-state index is 0.254. The van der Waals surface area contributed by atoms with Gasteiger partial charge in [0.25, 0.3) is 0 Å². The molecule has 3 heteroatoms. The Morgan fingerprint density at radius 3 is 2.50 bits per heavy atom. The molecule has 0 saturated carbocycles. The molecule has 0 aliphatic carbocycles. The van der Waals surface area contributed by atoms with Crippen molar-refractivity contribution in [2.45, 2.75) is 6.10 Å². The Bertz CT molecular complexity index is 499. The van der Waals surface area contributed by atoms with E-state index in [1.165, 1.54) is 6.07 Å². The normalized spacial score (nSPS) is 12.4. The van der Waals surface area contributed by atoms with Gasteiger partial charge in [0, 0.05) is 10.6 Å². The molecule has 0 saturated heterocycles. The van der Waals surface area contributed by atoms with E-state index in [1.54, 1.807) is 42.5 Å². The quantitative estimate of drug-likeness (QED) is 0.845. The molecule has 0 spiro atoms. The molecule has 0 bridgehead atoms. The third kappa shape index (κ3) is 2.23. The topological polar surface area (TPSA) is 20.2 Å². The third-order valence-corrected chi connectivity index (χ3v) is 2.60. The second-order valence-corrected chi connectivity index (χ2v) is 3.92. The minimum Gasteiger partial charge on any atom is -0.384 e. The maximum absolute atomic E-state index is 13.4. The van der Waals surface area contributed by atoms with E-state index in [4.69, 9.17) is 11.6 Å². The molecule has 1 atom stereocenters. The van der Waals surface area contributed by atoms with Crippen LogP contribution in [-0.2, 0) is 0 Å². The van der Waals surface area contributed by atoms with E-state index < -0.39 is 11.9 Å². The van der Waals surface area contributed by atoms with Gasteiger partial charge in [0.1, 0.15) is 11.9 Å². The van der Waals surface area contributed by atoms with Gasteiger partial charge in [-0.25, -0.2) is 4.39 Å². The Morgan fingerprint density at radius 1 is 1.06 bits per heavy atom. The second-order valence-electron chi connectivity index (χ2n) is 3.48. The molecule has 0 aliphatic heterocycles. The van der Waals surface area contributed by atoms with Crippen molar-refractivity contribution in [2.75, 3.05) is 0 Å². The lowest BCUT2D eigenvalue weighted by Crippen LogP contribution is -2.02. The van der Waals surface area contributed by atoms with Crippen molar-refractivity contribution in [3.05, 3.63) is 70.5 Å². The van der Waals surface area contributed by atoms with Gasteiger partial charge in [0.15, 0.2) is 0 Å². The van der Waals surface area contributed by atoms with E-state index in [2.05, 4.69) is 0 Å². The van der Waals surface area contributed by atoms with E-state index in [-0.39, 0.29) is 5.56 Å². The largest absolute Gasteiger partial charge is 0.384 e. The second kappa shape index (κ2) is 4.64. The first kappa shape index (κ1) is 11.1. The van der Waals surface area contributed by atoms with Crippen LogP contribution >= 0.6 is 11.6 Å². The van der Waals surface area contributed by atoms with Crippen molar-refractivity contribution in [3.63, 3.8) is 0 Å². The van der Waals surface area contributed by atoms with Gasteiger partial charge in [0.05, 0.1) is 0 Å². The number of halogens is 2. The lowest BCUT2D eigenvalue weighted by atomic mass is 10.0. The van der Waals surface area contributed by atoms with Gasteiger partial charge in [-0.1, -0.05) is 41.9 Å². The third-order valence-electron chi connectivity index (χ3n) is 2.36. The predicted molar refractivity (Wildman–Crippen MR) is 61.9 cm³/mol. The van der Waals surface area contributed by atoms with Crippen LogP contribution in [0, 0.1) is 5.82 Å². The number of rotatable bonds is 2. The summed E-state index contributed by atoms with van der Waals surface area (Å²) in [5, 5.41) is 10.5. The number of aliphatic hydroxyl groups is 1. The summed E-state index contributed by atoms with van der Waals surface area (Å²) < 4.78 is 13.4. The lowest BCUT2D eigenvalue weighted by Gasteiger charge is -2.12. The summed E-state index contributed by atoms with van der Waals surface area (Å²) in [6, 6.07) is 12.9. The van der Waals surface area contributed by atoms with E-state index in [1.807, 2.05) is 0 Å². The van der Waals surface area contributed by atoms with Gasteiger partial charge in [-0.05, 0) is 23.8 Å². The first-order chi connectivity index (χ1) is 7.68. The Hall–Kier alpha value is -1.38. The number of hydrogen-bond donors (Lipinski definition) is 1. The molecular weight excluding hydrogens is 227 g/mol. The Morgan fingerprint density at radius 2 is 1.81 bits per heavy atom. The zero-order valence-corrected chi connectivity index (χ0v) is 9.16. The van der Waals surface area contributed by atoms with Crippen LogP contribution in [0.1, 0.15) is 17.2 Å². The van der Waals surface area contributed by atoms with Crippen molar-refractivity contribution < 1.29 is 9.50 Å². The van der Waals surface area contributed by atoms with Crippen LogP contribution in [0.15, 0.2) is 48.5 Å². The Kier molecular flexibility index (Phi) is 3.22. The summed E-state index contributed by atoms with van der Waals surface area (Å²) >= 11 is 5.81. The van der Waals surface area contributed by atoms with Crippen LogP contribution in [0.2, 0.25) is 5.02 Å². The van der Waals surface area contributed by atoms with Crippen LogP contribution in [0.3, 0.4) is 0 Å². The van der Waals surface area contributed by atoms with E-state index >= 15 is 0 Å². The minimum atomic E-state index is -0.986. The lowest BCUT2D eigenvalue weighted by molar-refractivity contribution is 0.215. The molecular formula is C13H10ClFO. The fourth-order valence-corrected chi connectivity index (χ4v) is 1.75. The summed E-state index contributed by atoms with van der Waals surface area (Å²) in [6.07, 6.45) is -0.986. The van der Waals surface area contributed by atoms with Crippen LogP contribution in [-0.4, -0.2) is 5.11 Å². The van der Waals surface area contributed by atoms with Crippen molar-refractivity contribution in [1.29, 1.82) is 0 Å². The van der Waals surface area contributed by atoms with Crippen molar-refractivity contribution in [1.82, 2.24) is 0 Å². The highest BCUT2D eigenvalue weighted by Crippen LogP contribution is 2.25. The molecule has 2 aromatic rings. The average Bonchev–Trinajstić information content (AvgIpc) is 2.29. The molecule has 0 aromatic heterocycles. The molecule has 1 N–H and O–H groups in total. The maximum Gasteiger partial charge on any atom is 0.129 e. The smallest absolute Gasteiger partial charge is 0.129 e. The standard InChI is InChI=1S/C13H10ClFO/c14-10-5-3-4-9(8-10)13(16)11-6-1-2-7-12(11)15/h1-8,13,16H. The van der Waals surface area contributed by atoms with Crippen LogP contribution in [0.25, 0.3) is 0 Å². The summed E-state index contributed by atoms with van der Waals surface area (Å²) in [6.45, 7) is 0. The summed E-state index contributed by atoms with van der Waals surface area (Å²) in [4.78, 5) is 0. The van der Waals surface area contributed by atoms with Crippen LogP contribution in [0.5, 0.6) is 0 Å². The maximum atomic E-state index is 13.4. The molecule has 1 nitrogen and oxygen atoms in total. The molecule has 0 heterocycles. The monoisotopic (exact) mass is 236 g/mol. The molecule has 0 fully saturated rings. The number of benzene rings is 2. The number of aliphatic hydroxyl groups excluding tert-OH is 1. The van der Waals surface area contributed by atoms with Gasteiger partial charge >= 0.3 is 0 Å². The molecule has 2 rings (SSSR count). The highest BCUT2D eigenvalue weighted by molar-refractivity contribution is 6.30. The van der Waals surface area contributed by atoms with Gasteiger partial charge in [0.2, 0.25) is 0 Å². The van der Waals surface area contributed by atoms with Crippen molar-refractivity contribution >= 4 is 11.6 Å². The van der Waals surface area contributed by atoms with Gasteiger partial charge in [-0.3, -0.25) is 0 Å². The fraction of sp³-hybridized carbons (Fsp3) is 0.0769. The first-order valence-electron chi connectivity index (χ1n) is 4.86. The van der Waals surface area contributed by atoms with Crippen LogP contribution in [0.4, 0.5) is 4.39 Å². The molecule has 1 unspecified atom stereocenters. The van der Waals surface area contributed by atoms with E-state index in [9.17, 15) is 9.50 Å². The zero-order valence-electron chi connectivity index (χ0n) is 8.40. The fourth-order valence-electron chi connectivity index (χ4n) is 1.55. The summed E-state index contributed by atoms with van der Waals surface area (Å²) in [5.74, 6) is -0.421. The van der Waals surface area contributed by atoms with Gasteiger partial charge in [-0.15, -0.1) is 0 Å².